The van der Waals surface area contributed by atoms with Crippen molar-refractivity contribution < 1.29 is 47.6 Å². The summed E-state index contributed by atoms with van der Waals surface area (Å²) >= 11 is 5.96. The number of methoxy groups -OCH3 is 2. The van der Waals surface area contributed by atoms with E-state index in [2.05, 4.69) is 9.97 Å². The van der Waals surface area contributed by atoms with Crippen LogP contribution >= 0.6 is 11.6 Å². The molecule has 0 aliphatic heterocycles. The normalized spacial score (nSPS) is 10.6. The number of benzene rings is 3. The number of carbonyl (C=O) groups is 4. The van der Waals surface area contributed by atoms with E-state index in [1.54, 1.807) is 66.7 Å². The number of carbonyl (C=O) groups excluding carboxylic acids is 4. The van der Waals surface area contributed by atoms with E-state index in [1.807, 2.05) is 26.8 Å². The summed E-state index contributed by atoms with van der Waals surface area (Å²) in [4.78, 5) is 58.9. The maximum atomic E-state index is 13.3. The molecule has 0 amide bonds. The number of aliphatic hydroxyl groups excluding tert-OH is 1. The highest BCUT2D eigenvalue weighted by molar-refractivity contribution is 6.29. The van der Waals surface area contributed by atoms with Crippen molar-refractivity contribution in [3.8, 4) is 34.3 Å². The van der Waals surface area contributed by atoms with Gasteiger partial charge < -0.3 is 24.1 Å². The van der Waals surface area contributed by atoms with E-state index in [0.717, 1.165) is 24.0 Å². The number of rotatable bonds is 21. The second-order valence-corrected chi connectivity index (χ2v) is 13.9. The number of ether oxygens (including phenoxy) is 4. The monoisotopic (exact) mass is 840 g/mol. The van der Waals surface area contributed by atoms with Crippen LogP contribution in [0.3, 0.4) is 0 Å². The van der Waals surface area contributed by atoms with Crippen LogP contribution in [-0.4, -0.2) is 72.2 Å². The zero-order valence-electron chi connectivity index (χ0n) is 34.5. The van der Waals surface area contributed by atoms with Crippen molar-refractivity contribution in [2.45, 2.75) is 65.7 Å². The van der Waals surface area contributed by atoms with E-state index >= 15 is 0 Å². The van der Waals surface area contributed by atoms with E-state index in [-0.39, 0.29) is 78.7 Å². The molecule has 0 fully saturated rings. The molecule has 2 heterocycles. The Bertz CT molecular complexity index is 2260. The van der Waals surface area contributed by atoms with Gasteiger partial charge in [-0.2, -0.15) is 0 Å². The van der Waals surface area contributed by atoms with Gasteiger partial charge in [-0.1, -0.05) is 32.4 Å². The molecule has 2 aromatic heterocycles. The van der Waals surface area contributed by atoms with Crippen LogP contribution in [0.5, 0.6) is 23.0 Å². The summed E-state index contributed by atoms with van der Waals surface area (Å²) in [6.45, 7) is 6.52. The van der Waals surface area contributed by atoms with Crippen LogP contribution in [0.4, 0.5) is 4.39 Å². The van der Waals surface area contributed by atoms with Crippen molar-refractivity contribution in [1.29, 1.82) is 0 Å². The van der Waals surface area contributed by atoms with Gasteiger partial charge in [-0.3, -0.25) is 19.2 Å². The Hall–Kier alpha value is -5.98. The number of hydrogen-bond donors (Lipinski definition) is 1. The summed E-state index contributed by atoms with van der Waals surface area (Å²) in [6, 6.07) is 22.8. The molecule has 0 atom stereocenters. The van der Waals surface area contributed by atoms with Gasteiger partial charge in [0.2, 0.25) is 0 Å². The Labute approximate surface area is 354 Å². The fourth-order valence-electron chi connectivity index (χ4n) is 5.89. The minimum Gasteiger partial charge on any atom is -0.493 e. The minimum absolute atomic E-state index is 0.00688. The Kier molecular flexibility index (Phi) is 18.3. The average molecular weight is 841 g/mol. The fraction of sp³-hybridized carbons (Fsp3) is 0.319. The van der Waals surface area contributed by atoms with Crippen molar-refractivity contribution in [2.75, 3.05) is 34.0 Å². The summed E-state index contributed by atoms with van der Waals surface area (Å²) in [6.07, 6.45) is 2.53. The summed E-state index contributed by atoms with van der Waals surface area (Å²) in [7, 11) is 2.99. The number of Topliss-reactive ketones (excluding diaryl/α,β-unsaturated/α-hetero) is 4. The topological polar surface area (TPSA) is 151 Å². The van der Waals surface area contributed by atoms with Crippen LogP contribution in [0.1, 0.15) is 106 Å². The van der Waals surface area contributed by atoms with Crippen molar-refractivity contribution >= 4 is 34.7 Å². The fourth-order valence-corrected chi connectivity index (χ4v) is 6.12. The highest BCUT2D eigenvalue weighted by Crippen LogP contribution is 2.30. The van der Waals surface area contributed by atoms with E-state index in [1.165, 1.54) is 26.4 Å². The second kappa shape index (κ2) is 23.6. The summed E-state index contributed by atoms with van der Waals surface area (Å²) < 4.78 is 34.8. The Morgan fingerprint density at radius 2 is 1.08 bits per heavy atom. The van der Waals surface area contributed by atoms with Gasteiger partial charge in [0, 0.05) is 42.4 Å². The predicted molar refractivity (Wildman–Crippen MR) is 228 cm³/mol. The number of aromatic nitrogens is 2. The van der Waals surface area contributed by atoms with E-state index < -0.39 is 0 Å². The number of aryl methyl sites for hydroxylation is 2. The van der Waals surface area contributed by atoms with Gasteiger partial charge >= 0.3 is 0 Å². The summed E-state index contributed by atoms with van der Waals surface area (Å²) in [5.41, 5.74) is 4.65. The molecule has 0 unspecified atom stereocenters. The highest BCUT2D eigenvalue weighted by atomic mass is 35.5. The van der Waals surface area contributed by atoms with Crippen LogP contribution in [0.25, 0.3) is 11.3 Å². The lowest BCUT2D eigenvalue weighted by atomic mass is 10.0. The van der Waals surface area contributed by atoms with Gasteiger partial charge in [0.25, 0.3) is 0 Å². The summed E-state index contributed by atoms with van der Waals surface area (Å²) in [5.74, 6) is 0.779. The van der Waals surface area contributed by atoms with Crippen molar-refractivity contribution in [3.63, 3.8) is 0 Å². The quantitative estimate of drug-likeness (QED) is 0.0556. The Morgan fingerprint density at radius 3 is 1.57 bits per heavy atom. The lowest BCUT2D eigenvalue weighted by Crippen LogP contribution is -2.09. The maximum Gasteiger partial charge on any atom is 0.181 e. The molecule has 60 heavy (non-hydrogen) atoms. The molecule has 0 radical (unpaired) electrons. The van der Waals surface area contributed by atoms with E-state index in [9.17, 15) is 23.6 Å². The molecular formula is C47H50ClFN2O9. The second-order valence-electron chi connectivity index (χ2n) is 13.5. The van der Waals surface area contributed by atoms with Crippen molar-refractivity contribution in [2.24, 2.45) is 0 Å². The first-order chi connectivity index (χ1) is 28.9. The molecule has 0 saturated heterocycles. The first kappa shape index (κ1) is 46.7. The van der Waals surface area contributed by atoms with Crippen LogP contribution in [-0.2, 0) is 12.8 Å². The molecule has 3 aromatic carbocycles. The SMILES string of the molecule is CCCOc1ccc(C(=O)CCC(=O)c2cc(CC)cc(Cl)n2)cc1OC.CCc1cc(C(=O)CCC(=O)c2ccc(OCCO)c(OC)c2)nc(-c2ccc(F)cc2)c1. The zero-order chi connectivity index (χ0) is 43.6. The molecule has 13 heteroatoms. The van der Waals surface area contributed by atoms with Gasteiger partial charge in [-0.05, 0) is 115 Å². The van der Waals surface area contributed by atoms with Gasteiger partial charge in [-0.25, -0.2) is 14.4 Å². The number of nitrogens with zero attached hydrogens (tertiary/aromatic N) is 2. The molecule has 0 bridgehead atoms. The Balaban J connectivity index is 0.000000270. The molecule has 0 spiro atoms. The van der Waals surface area contributed by atoms with Crippen molar-refractivity contribution in [3.05, 3.63) is 130 Å². The molecule has 0 aliphatic carbocycles. The average Bonchev–Trinajstić information content (AvgIpc) is 3.28. The van der Waals surface area contributed by atoms with Crippen LogP contribution < -0.4 is 18.9 Å². The number of aliphatic hydroxyl groups is 1. The molecule has 0 aliphatic rings. The molecule has 5 rings (SSSR count). The van der Waals surface area contributed by atoms with Gasteiger partial charge in [0.15, 0.2) is 46.1 Å². The lowest BCUT2D eigenvalue weighted by Gasteiger charge is -2.11. The predicted octanol–water partition coefficient (Wildman–Crippen LogP) is 9.62. The first-order valence-electron chi connectivity index (χ1n) is 19.7. The Morgan fingerprint density at radius 1 is 0.600 bits per heavy atom. The van der Waals surface area contributed by atoms with Crippen molar-refractivity contribution in [1.82, 2.24) is 9.97 Å². The van der Waals surface area contributed by atoms with E-state index in [0.29, 0.717) is 64.1 Å². The molecule has 316 valence electrons. The first-order valence-corrected chi connectivity index (χ1v) is 20.1. The molecule has 11 nitrogen and oxygen atoms in total. The van der Waals surface area contributed by atoms with Crippen LogP contribution in [0.15, 0.2) is 84.9 Å². The van der Waals surface area contributed by atoms with Gasteiger partial charge in [0.05, 0.1) is 33.1 Å². The lowest BCUT2D eigenvalue weighted by molar-refractivity contribution is 0.0914. The molecule has 5 aromatic rings. The van der Waals surface area contributed by atoms with Gasteiger partial charge in [-0.15, -0.1) is 0 Å². The standard InChI is InChI=1S/C26H26FNO5.C21H24ClNO4/c1-3-17-14-21(18-4-7-20(27)8-5-18)28-22(15-17)24(31)10-9-23(30)19-6-11-25(33-13-12-29)26(16-19)32-2;1-4-10-27-19-9-6-15(13-20(19)26-3)17(24)7-8-18(25)16-11-14(5-2)12-21(22)23-16/h4-8,11,14-16,29H,3,9-10,12-13H2,1-2H3;6,9,11-13H,4-5,7-8,10H2,1-3H3. The summed E-state index contributed by atoms with van der Waals surface area (Å²) in [5, 5.41) is 9.19. The number of hydrogen-bond acceptors (Lipinski definition) is 11. The maximum absolute atomic E-state index is 13.3. The smallest absolute Gasteiger partial charge is 0.181 e. The number of pyridine rings is 2. The molecule has 0 saturated carbocycles. The molecular weight excluding hydrogens is 791 g/mol. The zero-order valence-corrected chi connectivity index (χ0v) is 35.3. The van der Waals surface area contributed by atoms with E-state index in [4.69, 9.17) is 35.7 Å². The minimum atomic E-state index is -0.343. The third-order valence-electron chi connectivity index (χ3n) is 9.21. The van der Waals surface area contributed by atoms with Gasteiger partial charge in [0.1, 0.15) is 29.0 Å². The van der Waals surface area contributed by atoms with Crippen LogP contribution in [0, 0.1) is 5.82 Å². The third kappa shape index (κ3) is 13.5. The number of halogens is 2. The third-order valence-corrected chi connectivity index (χ3v) is 9.40. The van der Waals surface area contributed by atoms with Crippen LogP contribution in [0.2, 0.25) is 5.15 Å². The highest BCUT2D eigenvalue weighted by Gasteiger charge is 2.18. The molecule has 1 N–H and O–H groups in total. The largest absolute Gasteiger partial charge is 0.493 e. The number of ketones is 4.